The third-order valence-corrected chi connectivity index (χ3v) is 6.71. The molecule has 0 radical (unpaired) electrons. The number of nitrogens with zero attached hydrogens (tertiary/aromatic N) is 4. The van der Waals surface area contributed by atoms with Gasteiger partial charge in [0, 0.05) is 60.1 Å². The molecule has 1 aliphatic carbocycles. The van der Waals surface area contributed by atoms with Crippen LogP contribution in [0.15, 0.2) is 55.5 Å². The van der Waals surface area contributed by atoms with Crippen molar-refractivity contribution in [2.75, 3.05) is 13.1 Å². The molecule has 5 rings (SSSR count). The van der Waals surface area contributed by atoms with Crippen LogP contribution in [0.25, 0.3) is 16.8 Å². The van der Waals surface area contributed by atoms with Crippen molar-refractivity contribution in [1.82, 2.24) is 24.8 Å². The largest absolute Gasteiger partial charge is 0.382 e. The van der Waals surface area contributed by atoms with Crippen LogP contribution in [0.2, 0.25) is 0 Å². The number of fused-ring (bicyclic) bond motifs is 1. The second-order valence-electron chi connectivity index (χ2n) is 8.81. The Bertz CT molecular complexity index is 1130. The van der Waals surface area contributed by atoms with Crippen molar-refractivity contribution in [1.29, 1.82) is 0 Å². The van der Waals surface area contributed by atoms with Crippen LogP contribution in [0.3, 0.4) is 0 Å². The van der Waals surface area contributed by atoms with Gasteiger partial charge in [-0.3, -0.25) is 4.98 Å². The minimum absolute atomic E-state index is 0.491. The monoisotopic (exact) mass is 413 g/mol. The summed E-state index contributed by atoms with van der Waals surface area (Å²) in [6.07, 6.45) is 13.1. The molecule has 1 saturated heterocycles. The van der Waals surface area contributed by atoms with E-state index in [2.05, 4.69) is 65.0 Å². The smallest absolute Gasteiger partial charge is 0.0760 e. The van der Waals surface area contributed by atoms with E-state index in [0.29, 0.717) is 6.04 Å². The van der Waals surface area contributed by atoms with E-state index < -0.39 is 0 Å². The van der Waals surface area contributed by atoms with Gasteiger partial charge in [-0.15, -0.1) is 0 Å². The van der Waals surface area contributed by atoms with Crippen molar-refractivity contribution in [3.05, 3.63) is 77.9 Å². The second kappa shape index (κ2) is 8.31. The first-order valence-corrected chi connectivity index (χ1v) is 11.4. The lowest BCUT2D eigenvalue weighted by Crippen LogP contribution is -2.42. The summed E-state index contributed by atoms with van der Waals surface area (Å²) in [5.41, 5.74) is 7.67. The average Bonchev–Trinajstić information content (AvgIpc) is 3.55. The molecule has 1 N–H and O–H groups in total. The first-order valence-electron chi connectivity index (χ1n) is 11.4. The van der Waals surface area contributed by atoms with Gasteiger partial charge in [-0.2, -0.15) is 5.10 Å². The molecule has 3 aromatic rings. The quantitative estimate of drug-likeness (QED) is 0.638. The fourth-order valence-electron chi connectivity index (χ4n) is 4.80. The van der Waals surface area contributed by atoms with E-state index in [1.54, 1.807) is 0 Å². The highest BCUT2D eigenvalue weighted by molar-refractivity contribution is 5.84. The molecule has 1 aliphatic heterocycles. The summed E-state index contributed by atoms with van der Waals surface area (Å²) in [6, 6.07) is 9.82. The Kier molecular flexibility index (Phi) is 5.36. The number of aryl methyl sites for hydroxylation is 1. The standard InChI is InChI=1S/C26H31N5/c1-4-23(24-6-5-12-27-18(24)2)20-9-15-31-26(16-20)25(17-28-31)19(3)29-21-10-13-30(14-11-21)22-7-8-22/h4-6,9,12,15-17,21-22,29H,3,7-8,10-11,13-14H2,1-2H3/b23-4-. The van der Waals surface area contributed by atoms with Crippen molar-refractivity contribution >= 4 is 16.8 Å². The van der Waals surface area contributed by atoms with E-state index in [1.165, 1.54) is 49.9 Å². The fourth-order valence-corrected chi connectivity index (χ4v) is 4.80. The van der Waals surface area contributed by atoms with E-state index in [0.717, 1.165) is 34.1 Å². The summed E-state index contributed by atoms with van der Waals surface area (Å²) < 4.78 is 1.94. The van der Waals surface area contributed by atoms with Crippen LogP contribution < -0.4 is 5.32 Å². The maximum Gasteiger partial charge on any atom is 0.0760 e. The maximum absolute atomic E-state index is 4.57. The number of hydrogen-bond acceptors (Lipinski definition) is 4. The van der Waals surface area contributed by atoms with E-state index >= 15 is 0 Å². The first kappa shape index (κ1) is 20.0. The van der Waals surface area contributed by atoms with Gasteiger partial charge in [0.05, 0.1) is 11.7 Å². The number of hydrogen-bond donors (Lipinski definition) is 1. The first-order chi connectivity index (χ1) is 15.1. The molecule has 1 saturated carbocycles. The zero-order valence-electron chi connectivity index (χ0n) is 18.5. The third-order valence-electron chi connectivity index (χ3n) is 6.71. The maximum atomic E-state index is 4.57. The highest BCUT2D eigenvalue weighted by Gasteiger charge is 2.31. The molecule has 160 valence electrons. The van der Waals surface area contributed by atoms with Gasteiger partial charge < -0.3 is 10.2 Å². The second-order valence-corrected chi connectivity index (χ2v) is 8.81. The number of piperidine rings is 1. The van der Waals surface area contributed by atoms with Crippen molar-refractivity contribution in [2.24, 2.45) is 0 Å². The zero-order valence-corrected chi connectivity index (χ0v) is 18.5. The Balaban J connectivity index is 1.37. The van der Waals surface area contributed by atoms with Crippen LogP contribution in [0.4, 0.5) is 0 Å². The molecule has 2 fully saturated rings. The summed E-state index contributed by atoms with van der Waals surface area (Å²) in [7, 11) is 0. The molecule has 0 atom stereocenters. The van der Waals surface area contributed by atoms with Crippen LogP contribution in [0, 0.1) is 6.92 Å². The van der Waals surface area contributed by atoms with Crippen LogP contribution >= 0.6 is 0 Å². The lowest BCUT2D eigenvalue weighted by molar-refractivity contribution is 0.197. The highest BCUT2D eigenvalue weighted by atomic mass is 15.2. The number of nitrogens with one attached hydrogen (secondary N) is 1. The van der Waals surface area contributed by atoms with Gasteiger partial charge in [-0.25, -0.2) is 4.52 Å². The van der Waals surface area contributed by atoms with Crippen molar-refractivity contribution in [3.8, 4) is 0 Å². The SMILES string of the molecule is C=C(NC1CCN(C2CC2)CC1)c1cnn2ccc(/C(=C/C)c3cccnc3C)cc12. The summed E-state index contributed by atoms with van der Waals surface area (Å²) in [5.74, 6) is 0. The number of aromatic nitrogens is 3. The molecular formula is C26H31N5. The number of likely N-dealkylation sites (tertiary alicyclic amines) is 1. The van der Waals surface area contributed by atoms with Crippen molar-refractivity contribution < 1.29 is 0 Å². The van der Waals surface area contributed by atoms with Gasteiger partial charge in [0.15, 0.2) is 0 Å². The van der Waals surface area contributed by atoms with Crippen molar-refractivity contribution in [2.45, 2.75) is 51.6 Å². The molecule has 0 amide bonds. The van der Waals surface area contributed by atoms with Gasteiger partial charge in [-0.1, -0.05) is 18.7 Å². The van der Waals surface area contributed by atoms with E-state index in [-0.39, 0.29) is 0 Å². The van der Waals surface area contributed by atoms with Crippen LogP contribution in [-0.2, 0) is 0 Å². The van der Waals surface area contributed by atoms with Gasteiger partial charge in [0.1, 0.15) is 0 Å². The summed E-state index contributed by atoms with van der Waals surface area (Å²) >= 11 is 0. The summed E-state index contributed by atoms with van der Waals surface area (Å²) in [4.78, 5) is 7.13. The molecule has 3 aromatic heterocycles. The molecule has 5 heteroatoms. The Hall–Kier alpha value is -2.92. The number of allylic oxidation sites excluding steroid dienone is 1. The molecule has 31 heavy (non-hydrogen) atoms. The molecular weight excluding hydrogens is 382 g/mol. The summed E-state index contributed by atoms with van der Waals surface area (Å²) in [5, 5.41) is 8.27. The molecule has 0 aromatic carbocycles. The van der Waals surface area contributed by atoms with Crippen LogP contribution in [-0.4, -0.2) is 44.7 Å². The lowest BCUT2D eigenvalue weighted by atomic mass is 9.97. The Morgan fingerprint density at radius 1 is 1.16 bits per heavy atom. The third kappa shape index (κ3) is 4.02. The van der Waals surface area contributed by atoms with Gasteiger partial charge in [0.25, 0.3) is 0 Å². The minimum atomic E-state index is 0.491. The number of rotatable bonds is 6. The Morgan fingerprint density at radius 3 is 2.68 bits per heavy atom. The normalized spacial score (nSPS) is 18.5. The average molecular weight is 414 g/mol. The van der Waals surface area contributed by atoms with Gasteiger partial charge in [-0.05, 0) is 68.9 Å². The fraction of sp³-hybridized carbons (Fsp3) is 0.385. The van der Waals surface area contributed by atoms with Crippen molar-refractivity contribution in [3.63, 3.8) is 0 Å². The minimum Gasteiger partial charge on any atom is -0.382 e. The van der Waals surface area contributed by atoms with Gasteiger partial charge in [0.2, 0.25) is 0 Å². The Labute approximate surface area is 184 Å². The molecule has 0 unspecified atom stereocenters. The predicted octanol–water partition coefficient (Wildman–Crippen LogP) is 4.68. The lowest BCUT2D eigenvalue weighted by Gasteiger charge is -2.33. The van der Waals surface area contributed by atoms with Gasteiger partial charge >= 0.3 is 0 Å². The molecule has 0 bridgehead atoms. The molecule has 0 spiro atoms. The zero-order chi connectivity index (χ0) is 21.4. The van der Waals surface area contributed by atoms with E-state index in [4.69, 9.17) is 0 Å². The molecule has 5 nitrogen and oxygen atoms in total. The summed E-state index contributed by atoms with van der Waals surface area (Å²) in [6.45, 7) is 10.9. The Morgan fingerprint density at radius 2 is 1.97 bits per heavy atom. The number of pyridine rings is 2. The topological polar surface area (TPSA) is 45.5 Å². The highest BCUT2D eigenvalue weighted by Crippen LogP contribution is 2.31. The predicted molar refractivity (Wildman–Crippen MR) is 127 cm³/mol. The van der Waals surface area contributed by atoms with E-state index in [9.17, 15) is 0 Å². The molecule has 2 aliphatic rings. The van der Waals surface area contributed by atoms with Crippen LogP contribution in [0.5, 0.6) is 0 Å². The molecule has 4 heterocycles. The van der Waals surface area contributed by atoms with Crippen LogP contribution in [0.1, 0.15) is 55.0 Å². The van der Waals surface area contributed by atoms with E-state index in [1.807, 2.05) is 29.2 Å².